The van der Waals surface area contributed by atoms with Gasteiger partial charge in [0.1, 0.15) is 6.04 Å². The predicted octanol–water partition coefficient (Wildman–Crippen LogP) is 4.09. The molecule has 0 heterocycles. The van der Waals surface area contributed by atoms with Gasteiger partial charge >= 0.3 is 6.18 Å². The van der Waals surface area contributed by atoms with Gasteiger partial charge in [-0.15, -0.1) is 12.4 Å². The van der Waals surface area contributed by atoms with Crippen molar-refractivity contribution in [3.05, 3.63) is 33.3 Å². The first kappa shape index (κ1) is 15.0. The Labute approximate surface area is 104 Å². The Morgan fingerprint density at radius 3 is 2.27 bits per heavy atom. The number of alkyl halides is 3. The molecule has 1 nitrogen and oxygen atoms in total. The minimum atomic E-state index is -4.45. The lowest BCUT2D eigenvalue weighted by Gasteiger charge is -2.17. The second-order valence-electron chi connectivity index (χ2n) is 2.69. The van der Waals surface area contributed by atoms with Crippen LogP contribution in [0.25, 0.3) is 0 Å². The number of nitrogens with two attached hydrogens (primary N) is 1. The van der Waals surface area contributed by atoms with Crippen LogP contribution in [0, 0.1) is 0 Å². The molecule has 0 unspecified atom stereocenters. The van der Waals surface area contributed by atoms with Crippen molar-refractivity contribution in [2.45, 2.75) is 12.2 Å². The van der Waals surface area contributed by atoms with Crippen molar-refractivity contribution in [2.24, 2.45) is 5.73 Å². The van der Waals surface area contributed by atoms with Gasteiger partial charge in [-0.05, 0) is 17.7 Å². The van der Waals surface area contributed by atoms with Gasteiger partial charge in [0.05, 0.1) is 0 Å². The maximum atomic E-state index is 12.2. The molecule has 15 heavy (non-hydrogen) atoms. The van der Waals surface area contributed by atoms with E-state index in [4.69, 9.17) is 17.3 Å². The Kier molecular flexibility index (Phi) is 5.40. The third kappa shape index (κ3) is 3.83. The first-order valence-corrected chi connectivity index (χ1v) is 4.76. The lowest BCUT2D eigenvalue weighted by atomic mass is 10.1. The number of halogens is 6. The highest BCUT2D eigenvalue weighted by Gasteiger charge is 2.38. The number of rotatable bonds is 1. The van der Waals surface area contributed by atoms with Crippen molar-refractivity contribution in [3.8, 4) is 0 Å². The van der Waals surface area contributed by atoms with E-state index in [-0.39, 0.29) is 22.4 Å². The van der Waals surface area contributed by atoms with E-state index >= 15 is 0 Å². The minimum absolute atomic E-state index is 0. The molecular weight excluding hydrogens is 318 g/mol. The third-order valence-corrected chi connectivity index (χ3v) is 2.57. The van der Waals surface area contributed by atoms with Gasteiger partial charge in [-0.3, -0.25) is 0 Å². The van der Waals surface area contributed by atoms with Crippen molar-refractivity contribution in [2.75, 3.05) is 0 Å². The van der Waals surface area contributed by atoms with E-state index in [9.17, 15) is 13.2 Å². The molecule has 1 rings (SSSR count). The average Bonchev–Trinajstić information content (AvgIpc) is 2.01. The van der Waals surface area contributed by atoms with Gasteiger partial charge in [0.15, 0.2) is 0 Å². The van der Waals surface area contributed by atoms with E-state index in [0.29, 0.717) is 5.02 Å². The summed E-state index contributed by atoms with van der Waals surface area (Å²) < 4.78 is 37.0. The second kappa shape index (κ2) is 5.39. The fourth-order valence-corrected chi connectivity index (χ4v) is 1.86. The van der Waals surface area contributed by atoms with E-state index in [0.717, 1.165) is 0 Å². The highest BCUT2D eigenvalue weighted by atomic mass is 79.9. The van der Waals surface area contributed by atoms with E-state index < -0.39 is 12.2 Å². The Morgan fingerprint density at radius 2 is 1.87 bits per heavy atom. The topological polar surface area (TPSA) is 26.0 Å². The van der Waals surface area contributed by atoms with Gasteiger partial charge < -0.3 is 5.73 Å². The van der Waals surface area contributed by atoms with Gasteiger partial charge in [0.25, 0.3) is 0 Å². The van der Waals surface area contributed by atoms with Crippen molar-refractivity contribution in [3.63, 3.8) is 0 Å². The molecule has 0 amide bonds. The maximum absolute atomic E-state index is 12.2. The molecule has 0 saturated heterocycles. The van der Waals surface area contributed by atoms with E-state index in [2.05, 4.69) is 15.9 Å². The molecule has 1 aromatic rings. The first-order valence-electron chi connectivity index (χ1n) is 3.59. The molecule has 0 bridgehead atoms. The lowest BCUT2D eigenvalue weighted by Crippen LogP contribution is -2.28. The van der Waals surface area contributed by atoms with Crippen molar-refractivity contribution in [1.29, 1.82) is 0 Å². The molecule has 0 aliphatic carbocycles. The van der Waals surface area contributed by atoms with E-state index in [1.165, 1.54) is 18.2 Å². The fraction of sp³-hybridized carbons (Fsp3) is 0.250. The van der Waals surface area contributed by atoms with E-state index in [1.807, 2.05) is 0 Å². The normalized spacial score (nSPS) is 13.2. The molecule has 0 radical (unpaired) electrons. The van der Waals surface area contributed by atoms with Crippen LogP contribution in [0.3, 0.4) is 0 Å². The van der Waals surface area contributed by atoms with Crippen LogP contribution in [0.15, 0.2) is 22.7 Å². The summed E-state index contributed by atoms with van der Waals surface area (Å²) in [6, 6.07) is 2.01. The summed E-state index contributed by atoms with van der Waals surface area (Å²) in [5, 5.41) is 0.356. The van der Waals surface area contributed by atoms with Crippen LogP contribution in [0.4, 0.5) is 13.2 Å². The zero-order valence-corrected chi connectivity index (χ0v) is 10.3. The van der Waals surface area contributed by atoms with E-state index in [1.54, 1.807) is 0 Å². The zero-order valence-electron chi connectivity index (χ0n) is 7.18. The van der Waals surface area contributed by atoms with Crippen LogP contribution >= 0.6 is 39.9 Å². The highest BCUT2D eigenvalue weighted by molar-refractivity contribution is 9.10. The van der Waals surface area contributed by atoms with Gasteiger partial charge in [-0.1, -0.05) is 33.6 Å². The smallest absolute Gasteiger partial charge is 0.316 e. The van der Waals surface area contributed by atoms with Gasteiger partial charge in [-0.25, -0.2) is 0 Å². The molecule has 0 spiro atoms. The van der Waals surface area contributed by atoms with Crippen molar-refractivity contribution < 1.29 is 13.2 Å². The maximum Gasteiger partial charge on any atom is 0.407 e. The summed E-state index contributed by atoms with van der Waals surface area (Å²) in [6.07, 6.45) is -4.45. The quantitative estimate of drug-likeness (QED) is 0.827. The lowest BCUT2D eigenvalue weighted by molar-refractivity contribution is -0.149. The Hall–Kier alpha value is 0.0300. The predicted molar refractivity (Wildman–Crippen MR) is 59.4 cm³/mol. The number of benzene rings is 1. The average molecular weight is 325 g/mol. The summed E-state index contributed by atoms with van der Waals surface area (Å²) in [5.41, 5.74) is 5.00. The van der Waals surface area contributed by atoms with Crippen LogP contribution in [0.2, 0.25) is 5.02 Å². The van der Waals surface area contributed by atoms with Crippen LogP contribution in [0.1, 0.15) is 11.6 Å². The first-order chi connectivity index (χ1) is 6.32. The molecule has 1 aromatic carbocycles. The molecule has 7 heteroatoms. The monoisotopic (exact) mass is 323 g/mol. The fourth-order valence-electron chi connectivity index (χ4n) is 0.930. The third-order valence-electron chi connectivity index (χ3n) is 1.65. The minimum Gasteiger partial charge on any atom is -0.316 e. The highest BCUT2D eigenvalue weighted by Crippen LogP contribution is 2.35. The van der Waals surface area contributed by atoms with Crippen LogP contribution in [-0.2, 0) is 0 Å². The van der Waals surface area contributed by atoms with Crippen LogP contribution in [-0.4, -0.2) is 6.18 Å². The summed E-state index contributed by atoms with van der Waals surface area (Å²) >= 11 is 8.56. The van der Waals surface area contributed by atoms with Crippen molar-refractivity contribution in [1.82, 2.24) is 0 Å². The Morgan fingerprint density at radius 1 is 1.33 bits per heavy atom. The molecule has 0 aliphatic heterocycles. The molecule has 86 valence electrons. The molecule has 0 fully saturated rings. The summed E-state index contributed by atoms with van der Waals surface area (Å²) in [6.45, 7) is 0. The van der Waals surface area contributed by atoms with Crippen molar-refractivity contribution >= 4 is 39.9 Å². The van der Waals surface area contributed by atoms with Crippen LogP contribution < -0.4 is 5.73 Å². The van der Waals surface area contributed by atoms with Gasteiger partial charge in [-0.2, -0.15) is 13.2 Å². The molecule has 1 atom stereocenters. The van der Waals surface area contributed by atoms with Gasteiger partial charge in [0.2, 0.25) is 0 Å². The Bertz CT molecular complexity index is 343. The van der Waals surface area contributed by atoms with Gasteiger partial charge in [0, 0.05) is 9.50 Å². The summed E-state index contributed by atoms with van der Waals surface area (Å²) in [5.74, 6) is 0. The summed E-state index contributed by atoms with van der Waals surface area (Å²) in [7, 11) is 0. The second-order valence-corrected chi connectivity index (χ2v) is 3.98. The SMILES string of the molecule is Cl.N[C@H](c1ccc(Cl)cc1Br)C(F)(F)F. The molecule has 0 aromatic heterocycles. The largest absolute Gasteiger partial charge is 0.407 e. The summed E-state index contributed by atoms with van der Waals surface area (Å²) in [4.78, 5) is 0. The van der Waals surface area contributed by atoms with Crippen LogP contribution in [0.5, 0.6) is 0 Å². The number of hydrogen-bond donors (Lipinski definition) is 1. The molecule has 0 aliphatic rings. The standard InChI is InChI=1S/C8H6BrClF3N.ClH/c9-6-3-4(10)1-2-5(6)7(14)8(11,12)13;/h1-3,7H,14H2;1H/t7-;/m1./s1. The zero-order chi connectivity index (χ0) is 10.9. The Balaban J connectivity index is 0.00000196. The molecule has 2 N–H and O–H groups in total. The number of hydrogen-bond acceptors (Lipinski definition) is 1. The molecular formula is C8H7BrCl2F3N. The molecule has 0 saturated carbocycles.